The van der Waals surface area contributed by atoms with E-state index < -0.39 is 33.1 Å². The van der Waals surface area contributed by atoms with Crippen LogP contribution >= 0.6 is 0 Å². The van der Waals surface area contributed by atoms with E-state index in [1.165, 1.54) is 23.1 Å². The first-order valence-electron chi connectivity index (χ1n) is 11.6. The van der Waals surface area contributed by atoms with Crippen molar-refractivity contribution in [2.45, 2.75) is 26.4 Å². The second kappa shape index (κ2) is 9.71. The van der Waals surface area contributed by atoms with Crippen molar-refractivity contribution < 1.29 is 22.5 Å². The van der Waals surface area contributed by atoms with Gasteiger partial charge >= 0.3 is 6.09 Å². The highest BCUT2D eigenvalue weighted by Crippen LogP contribution is 2.41. The third-order valence-electron chi connectivity index (χ3n) is 5.46. The number of carbonyl (C=O) groups is 1. The molecule has 0 saturated heterocycles. The highest BCUT2D eigenvalue weighted by Gasteiger charge is 2.30. The van der Waals surface area contributed by atoms with Crippen LogP contribution in [0.15, 0.2) is 64.0 Å². The van der Waals surface area contributed by atoms with Gasteiger partial charge in [0.15, 0.2) is 0 Å². The molecule has 1 N–H and O–H groups in total. The van der Waals surface area contributed by atoms with E-state index in [0.717, 1.165) is 17.0 Å². The van der Waals surface area contributed by atoms with Crippen LogP contribution < -0.4 is 10.5 Å². The second-order valence-electron chi connectivity index (χ2n) is 10.1. The minimum Gasteiger partial charge on any atom is -0.443 e. The number of pyridine rings is 1. The minimum atomic E-state index is -2.55. The third kappa shape index (κ3) is 5.62. The Morgan fingerprint density at radius 2 is 1.74 bits per heavy atom. The van der Waals surface area contributed by atoms with Crippen molar-refractivity contribution in [2.24, 2.45) is 11.4 Å². The standard InChI is InChI=1S/C27H28F2N4O4S/c1-27(2,3)37-26(35)33(23-9-7-16(28)13-21(23)29)22-10-8-17(31-38(5,6)36)14-19(22)20-15-32(4)25(34)24-18(20)11-12-30-24/h7-15,30H,1-6H3. The lowest BCUT2D eigenvalue weighted by molar-refractivity contribution is 0.0598. The summed E-state index contributed by atoms with van der Waals surface area (Å²) in [6.45, 7) is 5.01. The SMILES string of the molecule is Cn1cc(-c2cc(N=S(C)(C)=O)ccc2N(C(=O)OC(C)(C)C)c2ccc(F)cc2F)c2cc[nH]c2c1=O. The molecule has 0 aliphatic carbocycles. The summed E-state index contributed by atoms with van der Waals surface area (Å²) in [5.41, 5.74) is 0.316. The van der Waals surface area contributed by atoms with E-state index in [4.69, 9.17) is 4.74 Å². The van der Waals surface area contributed by atoms with Crippen LogP contribution in [-0.4, -0.2) is 38.0 Å². The second-order valence-corrected chi connectivity index (χ2v) is 12.7. The normalized spacial score (nSPS) is 12.0. The number of rotatable bonds is 4. The van der Waals surface area contributed by atoms with Crippen molar-refractivity contribution in [3.8, 4) is 11.1 Å². The molecule has 0 radical (unpaired) electrons. The number of H-pyrrole nitrogens is 1. The van der Waals surface area contributed by atoms with Gasteiger partial charge in [-0.25, -0.2) is 22.7 Å². The third-order valence-corrected chi connectivity index (χ3v) is 6.11. The van der Waals surface area contributed by atoms with Gasteiger partial charge in [0.25, 0.3) is 5.56 Å². The molecular weight excluding hydrogens is 514 g/mol. The lowest BCUT2D eigenvalue weighted by Gasteiger charge is -2.29. The molecule has 4 aromatic rings. The fourth-order valence-electron chi connectivity index (χ4n) is 4.03. The molecule has 2 aromatic carbocycles. The molecule has 11 heteroatoms. The number of aromatic nitrogens is 2. The Hall–Kier alpha value is -3.99. The molecule has 0 unspecified atom stereocenters. The molecule has 38 heavy (non-hydrogen) atoms. The maximum Gasteiger partial charge on any atom is 0.419 e. The lowest BCUT2D eigenvalue weighted by Crippen LogP contribution is -2.34. The molecule has 0 atom stereocenters. The van der Waals surface area contributed by atoms with Crippen molar-refractivity contribution >= 4 is 43.8 Å². The predicted molar refractivity (Wildman–Crippen MR) is 146 cm³/mol. The molecular formula is C27H28F2N4O4S. The molecule has 8 nitrogen and oxygen atoms in total. The van der Waals surface area contributed by atoms with Gasteiger partial charge < -0.3 is 14.3 Å². The van der Waals surface area contributed by atoms with E-state index in [2.05, 4.69) is 9.35 Å². The average Bonchev–Trinajstić information content (AvgIpc) is 3.27. The van der Waals surface area contributed by atoms with Crippen molar-refractivity contribution in [3.05, 3.63) is 76.8 Å². The van der Waals surface area contributed by atoms with Crippen molar-refractivity contribution in [2.75, 3.05) is 17.4 Å². The van der Waals surface area contributed by atoms with Gasteiger partial charge in [0.2, 0.25) is 0 Å². The Balaban J connectivity index is 2.10. The molecule has 0 aliphatic heterocycles. The van der Waals surface area contributed by atoms with Crippen LogP contribution in [0.2, 0.25) is 0 Å². The van der Waals surface area contributed by atoms with E-state index in [0.29, 0.717) is 33.8 Å². The number of aromatic amines is 1. The van der Waals surface area contributed by atoms with Gasteiger partial charge in [-0.15, -0.1) is 0 Å². The van der Waals surface area contributed by atoms with Crippen molar-refractivity contribution in [1.82, 2.24) is 9.55 Å². The first-order chi connectivity index (χ1) is 17.6. The Labute approximate surface area is 219 Å². The Morgan fingerprint density at radius 1 is 1.05 bits per heavy atom. The molecule has 0 bridgehead atoms. The van der Waals surface area contributed by atoms with Crippen LogP contribution in [0.3, 0.4) is 0 Å². The number of nitrogens with one attached hydrogen (secondary N) is 1. The summed E-state index contributed by atoms with van der Waals surface area (Å²) in [6, 6.07) is 9.24. The topological polar surface area (TPSA) is 96.8 Å². The number of hydrogen-bond acceptors (Lipinski definition) is 5. The summed E-state index contributed by atoms with van der Waals surface area (Å²) in [5, 5.41) is 0.545. The number of ether oxygens (including phenoxy) is 1. The quantitative estimate of drug-likeness (QED) is 0.330. The number of anilines is 2. The van der Waals surface area contributed by atoms with E-state index in [-0.39, 0.29) is 16.9 Å². The van der Waals surface area contributed by atoms with Crippen LogP contribution in [0, 0.1) is 11.6 Å². The first kappa shape index (κ1) is 27.1. The molecule has 0 fully saturated rings. The van der Waals surface area contributed by atoms with E-state index in [9.17, 15) is 18.2 Å². The summed E-state index contributed by atoms with van der Waals surface area (Å²) in [5.74, 6) is -1.79. The minimum absolute atomic E-state index is 0.184. The molecule has 200 valence electrons. The summed E-state index contributed by atoms with van der Waals surface area (Å²) in [7, 11) is -0.973. The van der Waals surface area contributed by atoms with Gasteiger partial charge in [-0.3, -0.25) is 4.79 Å². The molecule has 1 amide bonds. The summed E-state index contributed by atoms with van der Waals surface area (Å²) in [6.07, 6.45) is 5.26. The van der Waals surface area contributed by atoms with Gasteiger partial charge in [-0.05, 0) is 57.2 Å². The first-order valence-corrected chi connectivity index (χ1v) is 13.9. The largest absolute Gasteiger partial charge is 0.443 e. The Bertz CT molecular complexity index is 1740. The number of fused-ring (bicyclic) bond motifs is 1. The van der Waals surface area contributed by atoms with E-state index in [1.807, 2.05) is 0 Å². The Morgan fingerprint density at radius 3 is 2.37 bits per heavy atom. The smallest absolute Gasteiger partial charge is 0.419 e. The highest BCUT2D eigenvalue weighted by atomic mass is 32.2. The van der Waals surface area contributed by atoms with E-state index in [1.54, 1.807) is 58.4 Å². The van der Waals surface area contributed by atoms with Crippen LogP contribution in [0.1, 0.15) is 20.8 Å². The van der Waals surface area contributed by atoms with Crippen LogP contribution in [0.4, 0.5) is 30.6 Å². The van der Waals surface area contributed by atoms with E-state index >= 15 is 4.39 Å². The molecule has 2 aromatic heterocycles. The fraction of sp³-hybridized carbons (Fsp3) is 0.259. The molecule has 0 saturated carbocycles. The van der Waals surface area contributed by atoms with Gasteiger partial charge in [0.05, 0.1) is 17.1 Å². The zero-order chi connectivity index (χ0) is 28.0. The molecule has 4 rings (SSSR count). The summed E-state index contributed by atoms with van der Waals surface area (Å²) < 4.78 is 52.7. The number of hydrogen-bond donors (Lipinski definition) is 1. The Kier molecular flexibility index (Phi) is 6.92. The van der Waals surface area contributed by atoms with Gasteiger partial charge in [0.1, 0.15) is 22.8 Å². The molecule has 0 aliphatic rings. The monoisotopic (exact) mass is 542 g/mol. The lowest BCUT2D eigenvalue weighted by atomic mass is 10.00. The summed E-state index contributed by atoms with van der Waals surface area (Å²) in [4.78, 5) is 30.2. The molecule has 0 spiro atoms. The zero-order valence-electron chi connectivity index (χ0n) is 21.8. The zero-order valence-corrected chi connectivity index (χ0v) is 22.7. The van der Waals surface area contributed by atoms with Crippen LogP contribution in [-0.2, 0) is 21.5 Å². The van der Waals surface area contributed by atoms with Gasteiger partial charge in [0, 0.05) is 64.3 Å². The number of nitrogens with zero attached hydrogens (tertiary/aromatic N) is 3. The average molecular weight is 543 g/mol. The summed E-state index contributed by atoms with van der Waals surface area (Å²) >= 11 is 0. The van der Waals surface area contributed by atoms with Crippen LogP contribution in [0.25, 0.3) is 22.0 Å². The number of halogens is 2. The predicted octanol–water partition coefficient (Wildman–Crippen LogP) is 6.24. The number of carbonyl (C=O) groups excluding carboxylic acids is 1. The number of amides is 1. The van der Waals surface area contributed by atoms with Gasteiger partial charge in [-0.1, -0.05) is 0 Å². The maximum atomic E-state index is 15.1. The van der Waals surface area contributed by atoms with Gasteiger partial charge in [-0.2, -0.15) is 4.36 Å². The highest BCUT2D eigenvalue weighted by molar-refractivity contribution is 7.92. The molecule has 2 heterocycles. The van der Waals surface area contributed by atoms with Crippen molar-refractivity contribution in [1.29, 1.82) is 0 Å². The maximum absolute atomic E-state index is 15.1. The fourth-order valence-corrected chi connectivity index (χ4v) is 4.65. The van der Waals surface area contributed by atoms with Crippen LogP contribution in [0.5, 0.6) is 0 Å². The van der Waals surface area contributed by atoms with Crippen molar-refractivity contribution in [3.63, 3.8) is 0 Å². The number of benzene rings is 2. The number of aryl methyl sites for hydroxylation is 1.